The van der Waals surface area contributed by atoms with Gasteiger partial charge in [0.2, 0.25) is 0 Å². The molecular formula is C15H21F3N2O2. The number of ether oxygens (including phenoxy) is 1. The first-order chi connectivity index (χ1) is 9.99. The van der Waals surface area contributed by atoms with E-state index in [0.717, 1.165) is 0 Å². The van der Waals surface area contributed by atoms with E-state index < -0.39 is 36.4 Å². The summed E-state index contributed by atoms with van der Waals surface area (Å²) in [6.07, 6.45) is -5.77. The lowest BCUT2D eigenvalue weighted by atomic mass is 9.99. The second-order valence-electron chi connectivity index (χ2n) is 5.99. The van der Waals surface area contributed by atoms with Crippen LogP contribution in [0.1, 0.15) is 38.8 Å². The molecule has 2 unspecified atom stereocenters. The maximum absolute atomic E-state index is 12.7. The van der Waals surface area contributed by atoms with E-state index in [1.165, 1.54) is 0 Å². The number of alkyl carbamates (subject to hydrolysis) is 1. The largest absolute Gasteiger partial charge is 0.444 e. The maximum atomic E-state index is 12.7. The van der Waals surface area contributed by atoms with Crippen molar-refractivity contribution in [3.8, 4) is 0 Å². The number of amides is 1. The summed E-state index contributed by atoms with van der Waals surface area (Å²) in [7, 11) is 0. The highest BCUT2D eigenvalue weighted by molar-refractivity contribution is 5.68. The zero-order valence-electron chi connectivity index (χ0n) is 12.8. The number of alkyl halides is 3. The zero-order valence-corrected chi connectivity index (χ0v) is 12.8. The lowest BCUT2D eigenvalue weighted by Gasteiger charge is -2.26. The number of nitrogens with one attached hydrogen (secondary N) is 1. The fraction of sp³-hybridized carbons (Fsp3) is 0.533. The van der Waals surface area contributed by atoms with Crippen molar-refractivity contribution >= 4 is 6.09 Å². The summed E-state index contributed by atoms with van der Waals surface area (Å²) in [4.78, 5) is 11.8. The first kappa shape index (κ1) is 18.3. The van der Waals surface area contributed by atoms with Crippen LogP contribution in [-0.4, -0.2) is 23.9 Å². The van der Waals surface area contributed by atoms with Crippen LogP contribution in [0.15, 0.2) is 30.3 Å². The summed E-state index contributed by atoms with van der Waals surface area (Å²) in [5.74, 6) is 0. The van der Waals surface area contributed by atoms with E-state index in [9.17, 15) is 18.0 Å². The number of hydrogen-bond donors (Lipinski definition) is 2. The first-order valence-corrected chi connectivity index (χ1v) is 6.86. The molecule has 1 amide bonds. The van der Waals surface area contributed by atoms with Crippen molar-refractivity contribution in [2.75, 3.05) is 0 Å². The molecule has 0 aromatic heterocycles. The van der Waals surface area contributed by atoms with Crippen molar-refractivity contribution in [3.05, 3.63) is 35.9 Å². The number of halogens is 3. The quantitative estimate of drug-likeness (QED) is 0.892. The lowest BCUT2D eigenvalue weighted by Crippen LogP contribution is -2.43. The normalized spacial score (nSPS) is 15.0. The highest BCUT2D eigenvalue weighted by atomic mass is 19.4. The van der Waals surface area contributed by atoms with E-state index in [1.54, 1.807) is 51.1 Å². The van der Waals surface area contributed by atoms with Crippen LogP contribution in [0.5, 0.6) is 0 Å². The molecule has 4 nitrogen and oxygen atoms in total. The van der Waals surface area contributed by atoms with Crippen LogP contribution >= 0.6 is 0 Å². The summed E-state index contributed by atoms with van der Waals surface area (Å²) in [5, 5.41) is 2.45. The molecule has 0 saturated carbocycles. The third-order valence-electron chi connectivity index (χ3n) is 2.80. The molecule has 1 aromatic rings. The van der Waals surface area contributed by atoms with Gasteiger partial charge in [0.05, 0.1) is 6.04 Å². The maximum Gasteiger partial charge on any atom is 0.408 e. The van der Waals surface area contributed by atoms with E-state index in [4.69, 9.17) is 10.5 Å². The van der Waals surface area contributed by atoms with Gasteiger partial charge in [-0.2, -0.15) is 13.2 Å². The van der Waals surface area contributed by atoms with Gasteiger partial charge < -0.3 is 15.8 Å². The van der Waals surface area contributed by atoms with Crippen molar-refractivity contribution in [1.29, 1.82) is 0 Å². The lowest BCUT2D eigenvalue weighted by molar-refractivity contribution is -0.150. The summed E-state index contributed by atoms with van der Waals surface area (Å²) in [6.45, 7) is 5.02. The first-order valence-electron chi connectivity index (χ1n) is 6.86. The van der Waals surface area contributed by atoms with Crippen molar-refractivity contribution in [1.82, 2.24) is 5.32 Å². The van der Waals surface area contributed by atoms with Gasteiger partial charge in [0.1, 0.15) is 11.6 Å². The molecule has 0 aliphatic rings. The van der Waals surface area contributed by atoms with Gasteiger partial charge in [-0.15, -0.1) is 0 Å². The molecule has 1 aromatic carbocycles. The minimum Gasteiger partial charge on any atom is -0.444 e. The van der Waals surface area contributed by atoms with Crippen LogP contribution in [0, 0.1) is 0 Å². The topological polar surface area (TPSA) is 64.3 Å². The predicted octanol–water partition coefficient (Wildman–Crippen LogP) is 3.53. The molecular weight excluding hydrogens is 297 g/mol. The molecule has 22 heavy (non-hydrogen) atoms. The summed E-state index contributed by atoms with van der Waals surface area (Å²) >= 11 is 0. The van der Waals surface area contributed by atoms with Gasteiger partial charge in [0.25, 0.3) is 0 Å². The second-order valence-corrected chi connectivity index (χ2v) is 5.99. The Morgan fingerprint density at radius 3 is 2.23 bits per heavy atom. The van der Waals surface area contributed by atoms with Crippen molar-refractivity contribution in [3.63, 3.8) is 0 Å². The van der Waals surface area contributed by atoms with E-state index in [-0.39, 0.29) is 0 Å². The smallest absolute Gasteiger partial charge is 0.408 e. The van der Waals surface area contributed by atoms with Crippen LogP contribution < -0.4 is 11.1 Å². The number of nitrogens with two attached hydrogens (primary N) is 1. The number of hydrogen-bond acceptors (Lipinski definition) is 3. The zero-order chi connectivity index (χ0) is 17.0. The number of carbonyl (C=O) groups excluding carboxylic acids is 1. The van der Waals surface area contributed by atoms with Crippen LogP contribution in [0.4, 0.5) is 18.0 Å². The Morgan fingerprint density at radius 1 is 1.23 bits per heavy atom. The number of rotatable bonds is 4. The van der Waals surface area contributed by atoms with Crippen LogP contribution in [-0.2, 0) is 4.74 Å². The third-order valence-corrected chi connectivity index (χ3v) is 2.80. The van der Waals surface area contributed by atoms with Crippen molar-refractivity contribution in [2.24, 2.45) is 5.73 Å². The Kier molecular flexibility index (Phi) is 5.82. The molecule has 7 heteroatoms. The van der Waals surface area contributed by atoms with Crippen LogP contribution in [0.3, 0.4) is 0 Å². The third kappa shape index (κ3) is 6.34. The average Bonchev–Trinajstić information content (AvgIpc) is 2.35. The summed E-state index contributed by atoms with van der Waals surface area (Å²) in [6, 6.07) is 5.44. The Bertz CT molecular complexity index is 484. The molecule has 3 N–H and O–H groups in total. The second kappa shape index (κ2) is 7.00. The Labute approximate surface area is 127 Å². The fourth-order valence-corrected chi connectivity index (χ4v) is 1.80. The molecule has 0 aliphatic carbocycles. The van der Waals surface area contributed by atoms with Crippen LogP contribution in [0.2, 0.25) is 0 Å². The van der Waals surface area contributed by atoms with Gasteiger partial charge in [0.15, 0.2) is 0 Å². The predicted molar refractivity (Wildman–Crippen MR) is 77.2 cm³/mol. The highest BCUT2D eigenvalue weighted by Crippen LogP contribution is 2.27. The Hall–Kier alpha value is -1.76. The summed E-state index contributed by atoms with van der Waals surface area (Å²) in [5.41, 5.74) is 4.97. The van der Waals surface area contributed by atoms with Gasteiger partial charge in [-0.3, -0.25) is 0 Å². The molecule has 0 radical (unpaired) electrons. The van der Waals surface area contributed by atoms with Gasteiger partial charge in [-0.05, 0) is 32.8 Å². The van der Waals surface area contributed by atoms with E-state index in [1.807, 2.05) is 0 Å². The molecule has 0 saturated heterocycles. The molecule has 124 valence electrons. The average molecular weight is 318 g/mol. The highest BCUT2D eigenvalue weighted by Gasteiger charge is 2.38. The molecule has 1 rings (SSSR count). The van der Waals surface area contributed by atoms with Gasteiger partial charge >= 0.3 is 12.3 Å². The van der Waals surface area contributed by atoms with Crippen LogP contribution in [0.25, 0.3) is 0 Å². The van der Waals surface area contributed by atoms with Gasteiger partial charge in [-0.25, -0.2) is 4.79 Å². The van der Waals surface area contributed by atoms with E-state index >= 15 is 0 Å². The van der Waals surface area contributed by atoms with E-state index in [2.05, 4.69) is 5.32 Å². The van der Waals surface area contributed by atoms with Gasteiger partial charge in [-0.1, -0.05) is 30.3 Å². The van der Waals surface area contributed by atoms with E-state index in [0.29, 0.717) is 5.56 Å². The molecule has 0 bridgehead atoms. The standard InChI is InChI=1S/C15H21F3N2O2/c1-14(2,3)22-13(21)20-11(9-12(19)15(16,17)18)10-7-5-4-6-8-10/h4-8,11-12H,9,19H2,1-3H3,(H,20,21). The molecule has 0 heterocycles. The SMILES string of the molecule is CC(C)(C)OC(=O)NC(CC(N)C(F)(F)F)c1ccccc1. The number of carbonyl (C=O) groups is 1. The van der Waals surface area contributed by atoms with Crippen molar-refractivity contribution < 1.29 is 22.7 Å². The minimum absolute atomic E-state index is 0.466. The monoisotopic (exact) mass is 318 g/mol. The minimum atomic E-state index is -4.53. The molecule has 0 fully saturated rings. The van der Waals surface area contributed by atoms with Gasteiger partial charge in [0, 0.05) is 0 Å². The summed E-state index contributed by atoms with van der Waals surface area (Å²) < 4.78 is 43.1. The Balaban J connectivity index is 2.86. The number of benzene rings is 1. The van der Waals surface area contributed by atoms with Crippen molar-refractivity contribution in [2.45, 2.75) is 51.1 Å². The molecule has 0 spiro atoms. The molecule has 0 aliphatic heterocycles. The Morgan fingerprint density at radius 2 is 1.77 bits per heavy atom. The fourth-order valence-electron chi connectivity index (χ4n) is 1.80. The molecule has 2 atom stereocenters.